The molecule has 0 aliphatic carbocycles. The van der Waals surface area contributed by atoms with Gasteiger partial charge in [-0.05, 0) is 35.0 Å². The molecule has 0 aliphatic rings. The van der Waals surface area contributed by atoms with Crippen LogP contribution in [0, 0.1) is 5.82 Å². The summed E-state index contributed by atoms with van der Waals surface area (Å²) in [6.45, 7) is 1.60. The highest BCUT2D eigenvalue weighted by atomic mass is 79.9. The van der Waals surface area contributed by atoms with Crippen molar-refractivity contribution in [2.75, 3.05) is 5.73 Å². The van der Waals surface area contributed by atoms with E-state index in [0.717, 1.165) is 12.1 Å². The molecule has 0 radical (unpaired) electrons. The summed E-state index contributed by atoms with van der Waals surface area (Å²) < 4.78 is 40.2. The number of nitrogens with two attached hydrogens (primary N) is 1. The van der Waals surface area contributed by atoms with E-state index in [1.807, 2.05) is 0 Å². The van der Waals surface area contributed by atoms with Gasteiger partial charge in [0, 0.05) is 4.47 Å². The van der Waals surface area contributed by atoms with Crippen LogP contribution < -0.4 is 10.5 Å². The minimum atomic E-state index is -3.89. The van der Waals surface area contributed by atoms with Crippen molar-refractivity contribution in [2.45, 2.75) is 17.9 Å². The highest BCUT2D eigenvalue weighted by Crippen LogP contribution is 2.27. The van der Waals surface area contributed by atoms with Crippen LogP contribution in [0.15, 0.2) is 27.8 Å². The first-order valence-corrected chi connectivity index (χ1v) is 7.71. The molecule has 1 atom stereocenters. The number of aromatic amines is 1. The van der Waals surface area contributed by atoms with E-state index in [1.165, 1.54) is 6.33 Å². The Bertz CT molecular complexity index is 719. The molecule has 108 valence electrons. The molecule has 0 fully saturated rings. The molecule has 2 aromatic rings. The Morgan fingerprint density at radius 3 is 2.80 bits per heavy atom. The quantitative estimate of drug-likeness (QED) is 0.709. The highest BCUT2D eigenvalue weighted by Gasteiger charge is 2.23. The molecule has 4 N–H and O–H groups in total. The van der Waals surface area contributed by atoms with E-state index < -0.39 is 21.9 Å². The number of anilines is 1. The molecule has 2 rings (SSSR count). The van der Waals surface area contributed by atoms with E-state index in [9.17, 15) is 12.8 Å². The van der Waals surface area contributed by atoms with Crippen LogP contribution in [0.3, 0.4) is 0 Å². The number of hydrogen-bond acceptors (Lipinski definition) is 5. The zero-order valence-electron chi connectivity index (χ0n) is 10.3. The molecule has 1 heterocycles. The third kappa shape index (κ3) is 2.97. The summed E-state index contributed by atoms with van der Waals surface area (Å²) in [6.07, 6.45) is 1.27. The zero-order valence-corrected chi connectivity index (χ0v) is 12.7. The molecule has 7 nitrogen and oxygen atoms in total. The van der Waals surface area contributed by atoms with Crippen LogP contribution in [-0.4, -0.2) is 23.6 Å². The van der Waals surface area contributed by atoms with Crippen molar-refractivity contribution in [3.63, 3.8) is 0 Å². The maximum atomic E-state index is 13.2. The molecule has 0 amide bonds. The fourth-order valence-corrected chi connectivity index (χ4v) is 3.78. The van der Waals surface area contributed by atoms with Gasteiger partial charge in [0.05, 0.1) is 16.6 Å². The first kappa shape index (κ1) is 14.9. The number of nitrogens with zero attached hydrogens (tertiary/aromatic N) is 2. The molecule has 0 saturated carbocycles. The second-order valence-electron chi connectivity index (χ2n) is 4.02. The smallest absolute Gasteiger partial charge is 0.242 e. The number of nitrogens with one attached hydrogen (secondary N) is 2. The van der Waals surface area contributed by atoms with Crippen molar-refractivity contribution in [3.05, 3.63) is 34.6 Å². The summed E-state index contributed by atoms with van der Waals surface area (Å²) in [5, 5.41) is 6.20. The lowest BCUT2D eigenvalue weighted by atomic mass is 10.3. The zero-order chi connectivity index (χ0) is 14.9. The summed E-state index contributed by atoms with van der Waals surface area (Å²) in [5.74, 6) is -0.334. The monoisotopic (exact) mass is 363 g/mol. The normalized spacial score (nSPS) is 13.3. The summed E-state index contributed by atoms with van der Waals surface area (Å²) in [4.78, 5) is 3.71. The number of sulfonamides is 1. The van der Waals surface area contributed by atoms with Crippen molar-refractivity contribution in [1.29, 1.82) is 0 Å². The Morgan fingerprint density at radius 2 is 2.20 bits per heavy atom. The predicted molar refractivity (Wildman–Crippen MR) is 73.6 cm³/mol. The average molecular weight is 364 g/mol. The third-order valence-electron chi connectivity index (χ3n) is 2.52. The van der Waals surface area contributed by atoms with E-state index in [-0.39, 0.29) is 15.1 Å². The molecule has 1 aromatic heterocycles. The number of H-pyrrole nitrogens is 1. The summed E-state index contributed by atoms with van der Waals surface area (Å²) in [6, 6.07) is 1.43. The molecule has 20 heavy (non-hydrogen) atoms. The van der Waals surface area contributed by atoms with Crippen LogP contribution in [0.1, 0.15) is 18.8 Å². The van der Waals surface area contributed by atoms with Gasteiger partial charge < -0.3 is 5.73 Å². The molecule has 0 spiro atoms. The Morgan fingerprint density at radius 1 is 1.50 bits per heavy atom. The number of aromatic nitrogens is 3. The summed E-state index contributed by atoms with van der Waals surface area (Å²) in [7, 11) is -3.89. The Kier molecular flexibility index (Phi) is 4.06. The van der Waals surface area contributed by atoms with Crippen molar-refractivity contribution in [1.82, 2.24) is 19.9 Å². The van der Waals surface area contributed by atoms with Gasteiger partial charge in [-0.2, -0.15) is 5.10 Å². The Hall–Kier alpha value is -1.52. The predicted octanol–water partition coefficient (Wildman–Crippen LogP) is 1.33. The lowest BCUT2D eigenvalue weighted by Gasteiger charge is -2.13. The van der Waals surface area contributed by atoms with Crippen molar-refractivity contribution in [3.8, 4) is 0 Å². The van der Waals surface area contributed by atoms with Crippen LogP contribution in [-0.2, 0) is 10.0 Å². The van der Waals surface area contributed by atoms with Gasteiger partial charge in [0.15, 0.2) is 0 Å². The summed E-state index contributed by atoms with van der Waals surface area (Å²) in [5.41, 5.74) is 5.15. The molecule has 1 aromatic carbocycles. The number of hydrogen-bond donors (Lipinski definition) is 3. The number of nitrogen functional groups attached to an aromatic ring is 1. The standard InChI is InChI=1S/C10H11BrFN5O2S/c1-5(10-14-4-15-16-10)17-20(18,19)9-3-8(13)7(12)2-6(9)11/h2-5,17H,13H2,1H3,(H,14,15,16). The molecular formula is C10H11BrFN5O2S. The topological polar surface area (TPSA) is 114 Å². The Balaban J connectivity index is 2.34. The molecule has 0 saturated heterocycles. The third-order valence-corrected chi connectivity index (χ3v) is 5.02. The van der Waals surface area contributed by atoms with Gasteiger partial charge in [-0.3, -0.25) is 5.10 Å². The van der Waals surface area contributed by atoms with Gasteiger partial charge in [0.1, 0.15) is 18.0 Å². The average Bonchev–Trinajstić information content (AvgIpc) is 2.86. The lowest BCUT2D eigenvalue weighted by Crippen LogP contribution is -2.28. The summed E-state index contributed by atoms with van der Waals surface area (Å²) >= 11 is 3.01. The minimum Gasteiger partial charge on any atom is -0.396 e. The highest BCUT2D eigenvalue weighted by molar-refractivity contribution is 9.10. The fourth-order valence-electron chi connectivity index (χ4n) is 1.53. The van der Waals surface area contributed by atoms with Gasteiger partial charge in [0.25, 0.3) is 0 Å². The Labute approximate surface area is 123 Å². The van der Waals surface area contributed by atoms with Gasteiger partial charge >= 0.3 is 0 Å². The largest absolute Gasteiger partial charge is 0.396 e. The van der Waals surface area contributed by atoms with Crippen molar-refractivity contribution >= 4 is 31.6 Å². The maximum Gasteiger partial charge on any atom is 0.242 e. The van der Waals surface area contributed by atoms with Crippen molar-refractivity contribution < 1.29 is 12.8 Å². The maximum absolute atomic E-state index is 13.2. The van der Waals surface area contributed by atoms with Crippen LogP contribution in [0.25, 0.3) is 0 Å². The van der Waals surface area contributed by atoms with Crippen LogP contribution >= 0.6 is 15.9 Å². The van der Waals surface area contributed by atoms with Crippen LogP contribution in [0.2, 0.25) is 0 Å². The molecule has 0 bridgehead atoms. The van der Waals surface area contributed by atoms with Gasteiger partial charge in [-0.1, -0.05) is 0 Å². The van der Waals surface area contributed by atoms with E-state index in [4.69, 9.17) is 5.73 Å². The van der Waals surface area contributed by atoms with Gasteiger partial charge in [0.2, 0.25) is 10.0 Å². The van der Waals surface area contributed by atoms with E-state index in [1.54, 1.807) is 6.92 Å². The van der Waals surface area contributed by atoms with Crippen molar-refractivity contribution in [2.24, 2.45) is 0 Å². The van der Waals surface area contributed by atoms with Crippen LogP contribution in [0.4, 0.5) is 10.1 Å². The second-order valence-corrected chi connectivity index (χ2v) is 6.55. The minimum absolute atomic E-state index is 0.0847. The SMILES string of the molecule is CC(NS(=O)(=O)c1cc(N)c(F)cc1Br)c1ncn[nH]1. The molecule has 0 aliphatic heterocycles. The second kappa shape index (κ2) is 5.46. The van der Waals surface area contributed by atoms with E-state index in [2.05, 4.69) is 35.8 Å². The first-order valence-electron chi connectivity index (χ1n) is 5.43. The van der Waals surface area contributed by atoms with E-state index >= 15 is 0 Å². The molecule has 10 heteroatoms. The van der Waals surface area contributed by atoms with Gasteiger partial charge in [-0.15, -0.1) is 0 Å². The number of halogens is 2. The number of benzene rings is 1. The first-order chi connectivity index (χ1) is 9.31. The van der Waals surface area contributed by atoms with E-state index in [0.29, 0.717) is 5.82 Å². The number of rotatable bonds is 4. The molecule has 1 unspecified atom stereocenters. The fraction of sp³-hybridized carbons (Fsp3) is 0.200. The molecular weight excluding hydrogens is 353 g/mol. The van der Waals surface area contributed by atoms with Gasteiger partial charge in [-0.25, -0.2) is 22.5 Å². The van der Waals surface area contributed by atoms with Crippen LogP contribution in [0.5, 0.6) is 0 Å². The lowest BCUT2D eigenvalue weighted by molar-refractivity contribution is 0.559.